The number of rotatable bonds is 2. The van der Waals surface area contributed by atoms with Gasteiger partial charge in [0.15, 0.2) is 0 Å². The number of hydrogen-bond acceptors (Lipinski definition) is 1. The summed E-state index contributed by atoms with van der Waals surface area (Å²) in [5.74, 6) is -1.29. The lowest BCUT2D eigenvalue weighted by atomic mass is 9.99. The number of aromatic carboxylic acids is 1. The molecule has 0 bridgehead atoms. The number of benzene rings is 2. The maximum atomic E-state index is 13.0. The van der Waals surface area contributed by atoms with E-state index >= 15 is 0 Å². The van der Waals surface area contributed by atoms with E-state index in [0.29, 0.717) is 0 Å². The van der Waals surface area contributed by atoms with Crippen molar-refractivity contribution in [3.05, 3.63) is 60.0 Å². The van der Waals surface area contributed by atoms with E-state index in [9.17, 15) is 14.3 Å². The predicted molar refractivity (Wildman–Crippen MR) is 75.3 cm³/mol. The monoisotopic (exact) mass is 269 g/mol. The number of nitrogens with zero attached hydrogens (tertiary/aromatic N) is 1. The first-order valence-corrected chi connectivity index (χ1v) is 6.14. The highest BCUT2D eigenvalue weighted by molar-refractivity contribution is 6.01. The largest absolute Gasteiger partial charge is 0.478 e. The topological polar surface area (TPSA) is 42.2 Å². The number of carboxylic acid groups (broad SMARTS) is 1. The van der Waals surface area contributed by atoms with E-state index in [1.165, 1.54) is 12.1 Å². The molecule has 0 fully saturated rings. The summed E-state index contributed by atoms with van der Waals surface area (Å²) in [5.41, 5.74) is 2.65. The molecule has 3 aromatic rings. The number of aromatic nitrogens is 1. The number of aryl methyl sites for hydroxylation is 1. The summed E-state index contributed by atoms with van der Waals surface area (Å²) in [6, 6.07) is 11.3. The van der Waals surface area contributed by atoms with Crippen molar-refractivity contribution in [1.29, 1.82) is 0 Å². The molecule has 4 heteroatoms. The lowest BCUT2D eigenvalue weighted by molar-refractivity contribution is 0.0697. The summed E-state index contributed by atoms with van der Waals surface area (Å²) in [5, 5.41) is 10.2. The van der Waals surface area contributed by atoms with Gasteiger partial charge in [0.05, 0.1) is 5.56 Å². The van der Waals surface area contributed by atoms with Crippen LogP contribution in [0.15, 0.2) is 48.7 Å². The molecule has 0 atom stereocenters. The maximum absolute atomic E-state index is 13.0. The Kier molecular flexibility index (Phi) is 2.79. The van der Waals surface area contributed by atoms with E-state index < -0.39 is 5.97 Å². The summed E-state index contributed by atoms with van der Waals surface area (Å²) in [6.07, 6.45) is 1.88. The number of fused-ring (bicyclic) bond motifs is 1. The van der Waals surface area contributed by atoms with Crippen LogP contribution in [0.4, 0.5) is 4.39 Å². The lowest BCUT2D eigenvalue weighted by Crippen LogP contribution is -1.98. The Bertz CT molecular complexity index is 803. The summed E-state index contributed by atoms with van der Waals surface area (Å²) >= 11 is 0. The van der Waals surface area contributed by atoms with Gasteiger partial charge in [-0.25, -0.2) is 9.18 Å². The molecule has 3 nitrogen and oxygen atoms in total. The number of carboxylic acids is 1. The molecule has 0 saturated carbocycles. The lowest BCUT2D eigenvalue weighted by Gasteiger charge is -2.07. The fourth-order valence-corrected chi connectivity index (χ4v) is 2.36. The third-order valence-corrected chi connectivity index (χ3v) is 3.41. The van der Waals surface area contributed by atoms with Crippen molar-refractivity contribution in [2.75, 3.05) is 0 Å². The molecule has 100 valence electrons. The normalized spacial score (nSPS) is 10.9. The zero-order valence-corrected chi connectivity index (χ0v) is 10.8. The molecule has 1 N–H and O–H groups in total. The van der Waals surface area contributed by atoms with Gasteiger partial charge in [-0.05, 0) is 41.5 Å². The fourth-order valence-electron chi connectivity index (χ4n) is 2.36. The van der Waals surface area contributed by atoms with E-state index in [1.54, 1.807) is 24.3 Å². The Morgan fingerprint density at radius 2 is 1.85 bits per heavy atom. The van der Waals surface area contributed by atoms with Crippen molar-refractivity contribution < 1.29 is 14.3 Å². The zero-order valence-electron chi connectivity index (χ0n) is 10.8. The molecular weight excluding hydrogens is 257 g/mol. The van der Waals surface area contributed by atoms with Gasteiger partial charge in [-0.2, -0.15) is 0 Å². The maximum Gasteiger partial charge on any atom is 0.335 e. The van der Waals surface area contributed by atoms with Crippen molar-refractivity contribution >= 4 is 16.9 Å². The molecular formula is C16H12FNO2. The number of carbonyl (C=O) groups is 1. The predicted octanol–water partition coefficient (Wildman–Crippen LogP) is 3.68. The highest BCUT2D eigenvalue weighted by Gasteiger charge is 2.12. The molecule has 0 saturated heterocycles. The van der Waals surface area contributed by atoms with Gasteiger partial charge in [-0.1, -0.05) is 12.1 Å². The minimum atomic E-state index is -0.975. The Morgan fingerprint density at radius 3 is 2.50 bits per heavy atom. The molecule has 0 spiro atoms. The molecule has 0 aliphatic carbocycles. The fraction of sp³-hybridized carbons (Fsp3) is 0.0625. The Labute approximate surface area is 114 Å². The third-order valence-electron chi connectivity index (χ3n) is 3.41. The van der Waals surface area contributed by atoms with Gasteiger partial charge in [-0.15, -0.1) is 0 Å². The molecule has 0 radical (unpaired) electrons. The van der Waals surface area contributed by atoms with Gasteiger partial charge >= 0.3 is 5.97 Å². The molecule has 2 aromatic carbocycles. The minimum absolute atomic E-state index is 0.221. The highest BCUT2D eigenvalue weighted by Crippen LogP contribution is 2.31. The Hall–Kier alpha value is -2.62. The van der Waals surface area contributed by atoms with Crippen molar-refractivity contribution in [2.45, 2.75) is 0 Å². The molecule has 20 heavy (non-hydrogen) atoms. The SMILES string of the molecule is Cn1ccc2c(-c3ccc(F)cc3)cc(C(=O)O)cc21. The molecule has 1 heterocycles. The molecule has 0 aliphatic rings. The van der Waals surface area contributed by atoms with Crippen molar-refractivity contribution in [3.8, 4) is 11.1 Å². The van der Waals surface area contributed by atoms with Crippen molar-refractivity contribution in [1.82, 2.24) is 4.57 Å². The summed E-state index contributed by atoms with van der Waals surface area (Å²) in [4.78, 5) is 11.2. The third kappa shape index (κ3) is 1.95. The summed E-state index contributed by atoms with van der Waals surface area (Å²) in [7, 11) is 1.86. The average molecular weight is 269 g/mol. The van der Waals surface area contributed by atoms with E-state index in [1.807, 2.05) is 23.9 Å². The summed E-state index contributed by atoms with van der Waals surface area (Å²) < 4.78 is 14.9. The van der Waals surface area contributed by atoms with Gasteiger partial charge in [0.2, 0.25) is 0 Å². The van der Waals surface area contributed by atoms with Crippen LogP contribution in [-0.2, 0) is 7.05 Å². The first kappa shape index (κ1) is 12.4. The van der Waals surface area contributed by atoms with Crippen LogP contribution < -0.4 is 0 Å². The highest BCUT2D eigenvalue weighted by atomic mass is 19.1. The van der Waals surface area contributed by atoms with Gasteiger partial charge in [0.25, 0.3) is 0 Å². The van der Waals surface area contributed by atoms with Gasteiger partial charge in [0.1, 0.15) is 5.82 Å². The minimum Gasteiger partial charge on any atom is -0.478 e. The second-order valence-electron chi connectivity index (χ2n) is 4.70. The zero-order chi connectivity index (χ0) is 14.3. The Balaban J connectivity index is 2.33. The van der Waals surface area contributed by atoms with Gasteiger partial charge in [-0.3, -0.25) is 0 Å². The molecule has 0 unspecified atom stereocenters. The number of halogens is 1. The van der Waals surface area contributed by atoms with Crippen LogP contribution in [0.3, 0.4) is 0 Å². The van der Waals surface area contributed by atoms with Crippen LogP contribution >= 0.6 is 0 Å². The number of hydrogen-bond donors (Lipinski definition) is 1. The first-order chi connectivity index (χ1) is 9.56. The van der Waals surface area contributed by atoms with E-state index in [-0.39, 0.29) is 11.4 Å². The van der Waals surface area contributed by atoms with Crippen LogP contribution in [0.2, 0.25) is 0 Å². The molecule has 0 aliphatic heterocycles. The average Bonchev–Trinajstić information content (AvgIpc) is 2.80. The van der Waals surface area contributed by atoms with Crippen molar-refractivity contribution in [3.63, 3.8) is 0 Å². The van der Waals surface area contributed by atoms with Crippen LogP contribution in [0.5, 0.6) is 0 Å². The van der Waals surface area contributed by atoms with Crippen LogP contribution in [0, 0.1) is 5.82 Å². The Morgan fingerprint density at radius 1 is 1.15 bits per heavy atom. The van der Waals surface area contributed by atoms with Crippen molar-refractivity contribution in [2.24, 2.45) is 7.05 Å². The van der Waals surface area contributed by atoms with Crippen LogP contribution in [0.1, 0.15) is 10.4 Å². The van der Waals surface area contributed by atoms with E-state index in [4.69, 9.17) is 0 Å². The smallest absolute Gasteiger partial charge is 0.335 e. The molecule has 0 amide bonds. The quantitative estimate of drug-likeness (QED) is 0.771. The standard InChI is InChI=1S/C16H12FNO2/c1-18-7-6-13-14(10-2-4-12(17)5-3-10)8-11(16(19)20)9-15(13)18/h2-9H,1H3,(H,19,20). The van der Waals surface area contributed by atoms with Crippen LogP contribution in [-0.4, -0.2) is 15.6 Å². The van der Waals surface area contributed by atoms with E-state index in [2.05, 4.69) is 0 Å². The molecule has 1 aromatic heterocycles. The first-order valence-electron chi connectivity index (χ1n) is 6.14. The second kappa shape index (κ2) is 4.49. The van der Waals surface area contributed by atoms with Crippen LogP contribution in [0.25, 0.3) is 22.0 Å². The van der Waals surface area contributed by atoms with Gasteiger partial charge in [0, 0.05) is 24.1 Å². The summed E-state index contributed by atoms with van der Waals surface area (Å²) in [6.45, 7) is 0. The van der Waals surface area contributed by atoms with Gasteiger partial charge < -0.3 is 9.67 Å². The molecule has 3 rings (SSSR count). The van der Waals surface area contributed by atoms with E-state index in [0.717, 1.165) is 22.0 Å². The second-order valence-corrected chi connectivity index (χ2v) is 4.70.